The van der Waals surface area contributed by atoms with Gasteiger partial charge in [-0.15, -0.1) is 0 Å². The number of carbonyl (C=O) groups is 2. The largest absolute Gasteiger partial charge is 0.493 e. The summed E-state index contributed by atoms with van der Waals surface area (Å²) in [5, 5.41) is 0. The van der Waals surface area contributed by atoms with Crippen molar-refractivity contribution in [2.75, 3.05) is 26.8 Å². The van der Waals surface area contributed by atoms with E-state index in [4.69, 9.17) is 9.47 Å². The van der Waals surface area contributed by atoms with Crippen LogP contribution in [-0.4, -0.2) is 43.4 Å². The Kier molecular flexibility index (Phi) is 6.12. The van der Waals surface area contributed by atoms with E-state index in [1.807, 2.05) is 43.3 Å². The molecule has 0 aromatic heterocycles. The number of aryl methyl sites for hydroxylation is 1. The number of benzene rings is 2. The molecule has 1 aliphatic heterocycles. The first-order valence-electron chi connectivity index (χ1n) is 9.23. The van der Waals surface area contributed by atoms with Gasteiger partial charge in [-0.1, -0.05) is 42.0 Å². The van der Waals surface area contributed by atoms with Crippen LogP contribution < -0.4 is 9.47 Å². The number of hydrogen-bond acceptors (Lipinski definition) is 4. The van der Waals surface area contributed by atoms with Crippen LogP contribution in [0.3, 0.4) is 0 Å². The lowest BCUT2D eigenvalue weighted by molar-refractivity contribution is -0.134. The Hall–Kier alpha value is -2.82. The zero-order chi connectivity index (χ0) is 19.2. The summed E-state index contributed by atoms with van der Waals surface area (Å²) in [7, 11) is 1.57. The molecule has 1 heterocycles. The van der Waals surface area contributed by atoms with E-state index < -0.39 is 0 Å². The molecule has 3 rings (SSSR count). The highest BCUT2D eigenvalue weighted by Crippen LogP contribution is 2.26. The molecule has 2 aromatic carbocycles. The van der Waals surface area contributed by atoms with Crippen LogP contribution in [0.15, 0.2) is 48.5 Å². The van der Waals surface area contributed by atoms with E-state index in [9.17, 15) is 9.59 Å². The van der Waals surface area contributed by atoms with Crippen LogP contribution >= 0.6 is 0 Å². The summed E-state index contributed by atoms with van der Waals surface area (Å²) in [6.45, 7) is 3.13. The van der Waals surface area contributed by atoms with E-state index in [1.54, 1.807) is 24.1 Å². The molecule has 1 amide bonds. The number of amides is 1. The summed E-state index contributed by atoms with van der Waals surface area (Å²) in [5.41, 5.74) is 1.90. The van der Waals surface area contributed by atoms with Gasteiger partial charge in [0.1, 0.15) is 0 Å². The topological polar surface area (TPSA) is 55.8 Å². The fourth-order valence-corrected chi connectivity index (χ4v) is 3.31. The molecule has 0 saturated carbocycles. The number of Topliss-reactive ketones (excluding diaryl/α,β-unsaturated/α-hetero) is 1. The lowest BCUT2D eigenvalue weighted by Crippen LogP contribution is -2.42. The van der Waals surface area contributed by atoms with Crippen LogP contribution in [0.2, 0.25) is 0 Å². The fourth-order valence-electron chi connectivity index (χ4n) is 3.31. The number of methoxy groups -OCH3 is 1. The minimum Gasteiger partial charge on any atom is -0.493 e. The number of hydrogen-bond donors (Lipinski definition) is 0. The highest BCUT2D eigenvalue weighted by atomic mass is 16.5. The quantitative estimate of drug-likeness (QED) is 0.733. The predicted molar refractivity (Wildman–Crippen MR) is 103 cm³/mol. The lowest BCUT2D eigenvalue weighted by Gasteiger charge is -2.31. The molecule has 0 atom stereocenters. The smallest absolute Gasteiger partial charge is 0.260 e. The Morgan fingerprint density at radius 2 is 1.63 bits per heavy atom. The van der Waals surface area contributed by atoms with Gasteiger partial charge in [0.25, 0.3) is 5.91 Å². The van der Waals surface area contributed by atoms with Gasteiger partial charge in [0.05, 0.1) is 7.11 Å². The molecule has 1 fully saturated rings. The zero-order valence-electron chi connectivity index (χ0n) is 15.8. The molecule has 5 nitrogen and oxygen atoms in total. The van der Waals surface area contributed by atoms with Gasteiger partial charge >= 0.3 is 0 Å². The van der Waals surface area contributed by atoms with Crippen LogP contribution in [0.25, 0.3) is 0 Å². The number of ether oxygens (including phenoxy) is 2. The minimum atomic E-state index is -0.0675. The Morgan fingerprint density at radius 1 is 1.00 bits per heavy atom. The van der Waals surface area contributed by atoms with Crippen molar-refractivity contribution in [3.63, 3.8) is 0 Å². The van der Waals surface area contributed by atoms with Crippen LogP contribution in [-0.2, 0) is 4.79 Å². The first-order chi connectivity index (χ1) is 13.1. The molecule has 27 heavy (non-hydrogen) atoms. The second-order valence-electron chi connectivity index (χ2n) is 6.82. The Labute approximate surface area is 159 Å². The van der Waals surface area contributed by atoms with E-state index in [-0.39, 0.29) is 24.2 Å². The predicted octanol–water partition coefficient (Wildman–Crippen LogP) is 3.50. The van der Waals surface area contributed by atoms with Crippen molar-refractivity contribution in [3.8, 4) is 11.5 Å². The first kappa shape index (κ1) is 19.0. The van der Waals surface area contributed by atoms with E-state index in [0.29, 0.717) is 37.4 Å². The summed E-state index contributed by atoms with van der Waals surface area (Å²) in [5.74, 6) is 1.24. The highest BCUT2D eigenvalue weighted by molar-refractivity contribution is 5.98. The summed E-state index contributed by atoms with van der Waals surface area (Å²) in [4.78, 5) is 26.8. The SMILES string of the molecule is COc1ccccc1OCC(=O)N1CCC(C(=O)c2ccc(C)cc2)CC1. The zero-order valence-corrected chi connectivity index (χ0v) is 15.8. The molecule has 0 bridgehead atoms. The molecule has 2 aromatic rings. The molecule has 142 valence electrons. The summed E-state index contributed by atoms with van der Waals surface area (Å²) in [6.07, 6.45) is 1.38. The van der Waals surface area contributed by atoms with Crippen molar-refractivity contribution in [2.45, 2.75) is 19.8 Å². The number of piperidine rings is 1. The van der Waals surface area contributed by atoms with Crippen molar-refractivity contribution in [1.82, 2.24) is 4.90 Å². The van der Waals surface area contributed by atoms with E-state index in [1.165, 1.54) is 0 Å². The van der Waals surface area contributed by atoms with Crippen molar-refractivity contribution >= 4 is 11.7 Å². The number of carbonyl (C=O) groups excluding carboxylic acids is 2. The third-order valence-electron chi connectivity index (χ3n) is 4.97. The van der Waals surface area contributed by atoms with Gasteiger partial charge in [-0.3, -0.25) is 9.59 Å². The maximum Gasteiger partial charge on any atom is 0.260 e. The van der Waals surface area contributed by atoms with Gasteiger partial charge in [0.15, 0.2) is 23.9 Å². The Balaban J connectivity index is 1.50. The average Bonchev–Trinajstić information content (AvgIpc) is 2.72. The normalized spacial score (nSPS) is 14.7. The third kappa shape index (κ3) is 4.67. The standard InChI is InChI=1S/C22H25NO4/c1-16-7-9-17(10-8-16)22(25)18-11-13-23(14-12-18)21(24)15-27-20-6-4-3-5-19(20)26-2/h3-10,18H,11-15H2,1-2H3. The number of para-hydroxylation sites is 2. The third-order valence-corrected chi connectivity index (χ3v) is 4.97. The molecule has 0 aliphatic carbocycles. The van der Waals surface area contributed by atoms with Gasteiger partial charge in [0.2, 0.25) is 0 Å². The van der Waals surface area contributed by atoms with Gasteiger partial charge < -0.3 is 14.4 Å². The van der Waals surface area contributed by atoms with Crippen LogP contribution in [0.4, 0.5) is 0 Å². The monoisotopic (exact) mass is 367 g/mol. The molecule has 1 saturated heterocycles. The first-order valence-corrected chi connectivity index (χ1v) is 9.23. The number of likely N-dealkylation sites (tertiary alicyclic amines) is 1. The number of nitrogens with zero attached hydrogens (tertiary/aromatic N) is 1. The van der Waals surface area contributed by atoms with Crippen molar-refractivity contribution < 1.29 is 19.1 Å². The summed E-state index contributed by atoms with van der Waals surface area (Å²) < 4.78 is 10.8. The second-order valence-corrected chi connectivity index (χ2v) is 6.82. The van der Waals surface area contributed by atoms with Crippen LogP contribution in [0.5, 0.6) is 11.5 Å². The highest BCUT2D eigenvalue weighted by Gasteiger charge is 2.28. The number of ketones is 1. The van der Waals surface area contributed by atoms with Crippen LogP contribution in [0.1, 0.15) is 28.8 Å². The average molecular weight is 367 g/mol. The Bertz CT molecular complexity index is 792. The number of rotatable bonds is 6. The fraction of sp³-hybridized carbons (Fsp3) is 0.364. The summed E-state index contributed by atoms with van der Waals surface area (Å²) >= 11 is 0. The molecule has 0 N–H and O–H groups in total. The van der Waals surface area contributed by atoms with Gasteiger partial charge in [-0.2, -0.15) is 0 Å². The molecular formula is C22H25NO4. The Morgan fingerprint density at radius 3 is 2.26 bits per heavy atom. The molecule has 0 unspecified atom stereocenters. The molecular weight excluding hydrogens is 342 g/mol. The van der Waals surface area contributed by atoms with Gasteiger partial charge in [-0.25, -0.2) is 0 Å². The van der Waals surface area contributed by atoms with E-state index >= 15 is 0 Å². The molecule has 1 aliphatic rings. The molecule has 0 spiro atoms. The molecule has 0 radical (unpaired) electrons. The van der Waals surface area contributed by atoms with Gasteiger partial charge in [0, 0.05) is 24.6 Å². The van der Waals surface area contributed by atoms with E-state index in [2.05, 4.69) is 0 Å². The lowest BCUT2D eigenvalue weighted by atomic mass is 9.88. The maximum absolute atomic E-state index is 12.6. The van der Waals surface area contributed by atoms with Crippen molar-refractivity contribution in [3.05, 3.63) is 59.7 Å². The van der Waals surface area contributed by atoms with Crippen molar-refractivity contribution in [1.29, 1.82) is 0 Å². The maximum atomic E-state index is 12.6. The van der Waals surface area contributed by atoms with Crippen LogP contribution in [0, 0.1) is 12.8 Å². The molecule has 5 heteroatoms. The second kappa shape index (κ2) is 8.71. The van der Waals surface area contributed by atoms with Gasteiger partial charge in [-0.05, 0) is 31.9 Å². The van der Waals surface area contributed by atoms with Crippen molar-refractivity contribution in [2.24, 2.45) is 5.92 Å². The summed E-state index contributed by atoms with van der Waals surface area (Å²) in [6, 6.07) is 14.9. The van der Waals surface area contributed by atoms with E-state index in [0.717, 1.165) is 11.1 Å². The minimum absolute atomic E-state index is 0.0214.